The maximum atomic E-state index is 12.3. The summed E-state index contributed by atoms with van der Waals surface area (Å²) >= 11 is 0. The van der Waals surface area contributed by atoms with Gasteiger partial charge in [0, 0.05) is 20.6 Å². The molecular formula is C15H21N5O5. The molecule has 0 aliphatic carbocycles. The number of nitrogens with zero attached hydrogens (tertiary/aromatic N) is 4. The number of nitrogens with one attached hydrogen (secondary N) is 1. The molecule has 0 radical (unpaired) electrons. The van der Waals surface area contributed by atoms with Gasteiger partial charge in [0.05, 0.1) is 12.9 Å². The van der Waals surface area contributed by atoms with E-state index in [0.29, 0.717) is 13.2 Å². The first-order valence-electron chi connectivity index (χ1n) is 7.89. The monoisotopic (exact) mass is 351 g/mol. The van der Waals surface area contributed by atoms with Crippen LogP contribution in [0.5, 0.6) is 0 Å². The van der Waals surface area contributed by atoms with Crippen LogP contribution in [0.4, 0.5) is 0 Å². The Morgan fingerprint density at radius 3 is 2.72 bits per heavy atom. The molecule has 1 fully saturated rings. The van der Waals surface area contributed by atoms with Gasteiger partial charge < -0.3 is 19.4 Å². The lowest BCUT2D eigenvalue weighted by molar-refractivity contribution is -0.139. The molecule has 0 aromatic carbocycles. The van der Waals surface area contributed by atoms with E-state index < -0.39 is 17.0 Å². The van der Waals surface area contributed by atoms with E-state index in [-0.39, 0.29) is 29.7 Å². The first kappa shape index (κ1) is 17.4. The highest BCUT2D eigenvalue weighted by atomic mass is 16.7. The summed E-state index contributed by atoms with van der Waals surface area (Å²) in [5.41, 5.74) is -0.498. The average molecular weight is 351 g/mol. The van der Waals surface area contributed by atoms with E-state index in [1.807, 2.05) is 13.8 Å². The van der Waals surface area contributed by atoms with Gasteiger partial charge in [0.15, 0.2) is 17.0 Å². The van der Waals surface area contributed by atoms with Gasteiger partial charge in [0.25, 0.3) is 5.56 Å². The van der Waals surface area contributed by atoms with Crippen LogP contribution in [0.15, 0.2) is 15.9 Å². The zero-order chi connectivity index (χ0) is 18.4. The standard InChI is InChI=1S/C15H21N5O5/c1-15(2)24-7-9(25-15)5-16-10(21)6-20-8-17-12-11(20)13(22)19(4)14(23)18(12)3/h8-9H,5-7H2,1-4H3,(H,16,21). The second kappa shape index (κ2) is 6.12. The van der Waals surface area contributed by atoms with Crippen molar-refractivity contribution in [2.45, 2.75) is 32.3 Å². The number of rotatable bonds is 4. The number of carbonyl (C=O) groups excluding carboxylic acids is 1. The predicted molar refractivity (Wildman–Crippen MR) is 88.1 cm³/mol. The summed E-state index contributed by atoms with van der Waals surface area (Å²) in [5.74, 6) is -0.934. The van der Waals surface area contributed by atoms with Gasteiger partial charge in [-0.1, -0.05) is 0 Å². The van der Waals surface area contributed by atoms with Gasteiger partial charge in [-0.05, 0) is 13.8 Å². The number of carbonyl (C=O) groups is 1. The molecule has 25 heavy (non-hydrogen) atoms. The van der Waals surface area contributed by atoms with Gasteiger partial charge in [-0.25, -0.2) is 9.78 Å². The third-order valence-corrected chi connectivity index (χ3v) is 4.13. The molecule has 10 heteroatoms. The van der Waals surface area contributed by atoms with Crippen LogP contribution >= 0.6 is 0 Å². The van der Waals surface area contributed by atoms with Crippen molar-refractivity contribution in [2.75, 3.05) is 13.2 Å². The van der Waals surface area contributed by atoms with E-state index >= 15 is 0 Å². The number of hydrogen-bond donors (Lipinski definition) is 1. The lowest BCUT2D eigenvalue weighted by Gasteiger charge is -2.17. The van der Waals surface area contributed by atoms with Crippen LogP contribution in [0.2, 0.25) is 0 Å². The normalized spacial score (nSPS) is 19.4. The van der Waals surface area contributed by atoms with E-state index in [2.05, 4.69) is 10.3 Å². The van der Waals surface area contributed by atoms with Crippen molar-refractivity contribution in [2.24, 2.45) is 14.1 Å². The van der Waals surface area contributed by atoms with Crippen molar-refractivity contribution < 1.29 is 14.3 Å². The van der Waals surface area contributed by atoms with Crippen LogP contribution < -0.4 is 16.6 Å². The molecule has 1 aliphatic rings. The fourth-order valence-electron chi connectivity index (χ4n) is 2.82. The first-order chi connectivity index (χ1) is 11.7. The lowest BCUT2D eigenvalue weighted by atomic mass is 10.3. The SMILES string of the molecule is Cn1c(=O)c2c(ncn2CC(=O)NCC2COC(C)(C)O2)n(C)c1=O. The summed E-state index contributed by atoms with van der Waals surface area (Å²) in [6, 6.07) is 0. The minimum absolute atomic E-state index is 0.0824. The van der Waals surface area contributed by atoms with E-state index in [9.17, 15) is 14.4 Å². The zero-order valence-corrected chi connectivity index (χ0v) is 14.6. The number of fused-ring (bicyclic) bond motifs is 1. The maximum absolute atomic E-state index is 12.3. The summed E-state index contributed by atoms with van der Waals surface area (Å²) in [6.45, 7) is 4.26. The average Bonchev–Trinajstić information content (AvgIpc) is 3.12. The number of ether oxygens (including phenoxy) is 2. The van der Waals surface area contributed by atoms with Crippen molar-refractivity contribution in [3.8, 4) is 0 Å². The van der Waals surface area contributed by atoms with Crippen molar-refractivity contribution in [1.82, 2.24) is 24.0 Å². The Morgan fingerprint density at radius 1 is 1.36 bits per heavy atom. The molecule has 0 bridgehead atoms. The molecule has 3 heterocycles. The molecule has 136 valence electrons. The summed E-state index contributed by atoms with van der Waals surface area (Å²) in [6.07, 6.45) is 1.16. The predicted octanol–water partition coefficient (Wildman–Crippen LogP) is -1.30. The van der Waals surface area contributed by atoms with E-state index in [4.69, 9.17) is 9.47 Å². The Balaban J connectivity index is 1.74. The first-order valence-corrected chi connectivity index (χ1v) is 7.89. The van der Waals surface area contributed by atoms with Crippen LogP contribution in [0.3, 0.4) is 0 Å². The molecule has 10 nitrogen and oxygen atoms in total. The van der Waals surface area contributed by atoms with Crippen LogP contribution in [0, 0.1) is 0 Å². The molecule has 1 atom stereocenters. The van der Waals surface area contributed by atoms with Crippen LogP contribution in [-0.2, 0) is 34.9 Å². The Labute approximate surface area is 143 Å². The van der Waals surface area contributed by atoms with E-state index in [1.54, 1.807) is 0 Å². The lowest BCUT2D eigenvalue weighted by Crippen LogP contribution is -2.39. The molecule has 1 unspecified atom stereocenters. The number of imidazole rings is 1. The Morgan fingerprint density at radius 2 is 2.08 bits per heavy atom. The molecule has 1 saturated heterocycles. The number of amides is 1. The van der Waals surface area contributed by atoms with Crippen molar-refractivity contribution in [1.29, 1.82) is 0 Å². The second-order valence-electron chi connectivity index (χ2n) is 6.51. The van der Waals surface area contributed by atoms with E-state index in [0.717, 1.165) is 4.57 Å². The Hall–Kier alpha value is -2.46. The third kappa shape index (κ3) is 3.22. The Bertz CT molecular complexity index is 938. The number of hydrogen-bond acceptors (Lipinski definition) is 6. The smallest absolute Gasteiger partial charge is 0.332 e. The molecular weight excluding hydrogens is 330 g/mol. The molecule has 1 aliphatic heterocycles. The van der Waals surface area contributed by atoms with Gasteiger partial charge in [0.2, 0.25) is 5.91 Å². The van der Waals surface area contributed by atoms with Crippen LogP contribution in [0.1, 0.15) is 13.8 Å². The minimum atomic E-state index is -0.646. The van der Waals surface area contributed by atoms with Gasteiger partial charge >= 0.3 is 5.69 Å². The molecule has 2 aromatic heterocycles. The highest BCUT2D eigenvalue weighted by Crippen LogP contribution is 2.21. The van der Waals surface area contributed by atoms with Gasteiger partial charge in [-0.2, -0.15) is 0 Å². The number of aryl methyl sites for hydroxylation is 1. The fourth-order valence-corrected chi connectivity index (χ4v) is 2.82. The van der Waals surface area contributed by atoms with Gasteiger partial charge in [-0.15, -0.1) is 0 Å². The highest BCUT2D eigenvalue weighted by Gasteiger charge is 2.32. The quantitative estimate of drug-likeness (QED) is 0.733. The second-order valence-corrected chi connectivity index (χ2v) is 6.51. The summed E-state index contributed by atoms with van der Waals surface area (Å²) in [5, 5.41) is 2.76. The maximum Gasteiger partial charge on any atom is 0.332 e. The molecule has 2 aromatic rings. The van der Waals surface area contributed by atoms with Crippen molar-refractivity contribution in [3.05, 3.63) is 27.2 Å². The summed E-state index contributed by atoms with van der Waals surface area (Å²) in [4.78, 5) is 40.5. The minimum Gasteiger partial charge on any atom is -0.352 e. The fraction of sp³-hybridized carbons (Fsp3) is 0.600. The topological polar surface area (TPSA) is 109 Å². The molecule has 0 spiro atoms. The highest BCUT2D eigenvalue weighted by molar-refractivity contribution is 5.78. The molecule has 0 saturated carbocycles. The van der Waals surface area contributed by atoms with E-state index in [1.165, 1.54) is 29.6 Å². The Kier molecular flexibility index (Phi) is 4.25. The van der Waals surface area contributed by atoms with Crippen LogP contribution in [0.25, 0.3) is 11.2 Å². The summed E-state index contributed by atoms with van der Waals surface area (Å²) in [7, 11) is 2.92. The van der Waals surface area contributed by atoms with Crippen molar-refractivity contribution >= 4 is 17.1 Å². The molecule has 3 rings (SSSR count). The molecule has 1 amide bonds. The third-order valence-electron chi connectivity index (χ3n) is 4.13. The van der Waals surface area contributed by atoms with Crippen molar-refractivity contribution in [3.63, 3.8) is 0 Å². The largest absolute Gasteiger partial charge is 0.352 e. The zero-order valence-electron chi connectivity index (χ0n) is 14.6. The van der Waals surface area contributed by atoms with Gasteiger partial charge in [0.1, 0.15) is 12.6 Å². The van der Waals surface area contributed by atoms with Crippen LogP contribution in [-0.4, -0.2) is 49.6 Å². The van der Waals surface area contributed by atoms with Gasteiger partial charge in [-0.3, -0.25) is 18.7 Å². The summed E-state index contributed by atoms with van der Waals surface area (Å²) < 4.78 is 14.8. The number of aromatic nitrogens is 4. The molecule has 1 N–H and O–H groups in total.